The minimum Gasteiger partial charge on any atom is -0.350 e. The molecule has 0 unspecified atom stereocenters. The van der Waals surface area contributed by atoms with Gasteiger partial charge in [-0.2, -0.15) is 0 Å². The van der Waals surface area contributed by atoms with Gasteiger partial charge in [0.1, 0.15) is 0 Å². The monoisotopic (exact) mass is 168 g/mol. The molecule has 0 aromatic rings. The maximum atomic E-state index is 11.0. The molecule has 3 heteroatoms. The third-order valence-electron chi connectivity index (χ3n) is 3.11. The van der Waals surface area contributed by atoms with E-state index in [2.05, 4.69) is 10.6 Å². The number of carbonyl (C=O) groups is 1. The van der Waals surface area contributed by atoms with E-state index in [-0.39, 0.29) is 11.4 Å². The lowest BCUT2D eigenvalue weighted by atomic mass is 9.75. The van der Waals surface area contributed by atoms with Crippen LogP contribution in [-0.4, -0.2) is 24.0 Å². The Morgan fingerprint density at radius 3 is 2.58 bits per heavy atom. The highest BCUT2D eigenvalue weighted by Gasteiger charge is 2.40. The summed E-state index contributed by atoms with van der Waals surface area (Å²) in [4.78, 5) is 11.0. The van der Waals surface area contributed by atoms with Crippen LogP contribution in [0, 0.1) is 0 Å². The normalized spacial score (nSPS) is 39.6. The topological polar surface area (TPSA) is 41.1 Å². The van der Waals surface area contributed by atoms with Crippen LogP contribution in [0.3, 0.4) is 0 Å². The number of amides is 1. The first kappa shape index (κ1) is 8.05. The molecule has 12 heavy (non-hydrogen) atoms. The van der Waals surface area contributed by atoms with Crippen molar-refractivity contribution < 1.29 is 4.79 Å². The van der Waals surface area contributed by atoms with Crippen LogP contribution >= 0.6 is 0 Å². The number of rotatable bonds is 1. The van der Waals surface area contributed by atoms with Crippen molar-refractivity contribution in [2.45, 2.75) is 44.2 Å². The van der Waals surface area contributed by atoms with Crippen molar-refractivity contribution in [3.63, 3.8) is 0 Å². The average Bonchev–Trinajstić information content (AvgIpc) is 2.05. The van der Waals surface area contributed by atoms with Crippen molar-refractivity contribution in [2.75, 3.05) is 6.54 Å². The van der Waals surface area contributed by atoms with Crippen molar-refractivity contribution in [1.29, 1.82) is 0 Å². The van der Waals surface area contributed by atoms with Gasteiger partial charge in [-0.3, -0.25) is 4.79 Å². The van der Waals surface area contributed by atoms with Crippen LogP contribution in [0.5, 0.6) is 0 Å². The van der Waals surface area contributed by atoms with E-state index in [0.717, 1.165) is 25.4 Å². The lowest BCUT2D eigenvalue weighted by Gasteiger charge is -2.47. The summed E-state index contributed by atoms with van der Waals surface area (Å²) in [5.74, 6) is 0.108. The quantitative estimate of drug-likeness (QED) is 0.595. The molecule has 2 saturated heterocycles. The predicted octanol–water partition coefficient (Wildman–Crippen LogP) is 0.407. The Kier molecular flexibility index (Phi) is 1.83. The highest BCUT2D eigenvalue weighted by atomic mass is 16.1. The Labute approximate surface area is 72.9 Å². The largest absolute Gasteiger partial charge is 0.350 e. The summed E-state index contributed by atoms with van der Waals surface area (Å²) in [5.41, 5.74) is 0.0978. The lowest BCUT2D eigenvalue weighted by Crippen LogP contribution is -2.63. The van der Waals surface area contributed by atoms with E-state index in [1.165, 1.54) is 12.8 Å². The Balaban J connectivity index is 2.03. The third kappa shape index (κ3) is 1.33. The molecule has 1 saturated carbocycles. The van der Waals surface area contributed by atoms with E-state index in [9.17, 15) is 4.79 Å². The second-order valence-electron chi connectivity index (χ2n) is 4.12. The van der Waals surface area contributed by atoms with Gasteiger partial charge in [0, 0.05) is 19.5 Å². The molecule has 2 N–H and O–H groups in total. The maximum absolute atomic E-state index is 11.0. The highest BCUT2D eigenvalue weighted by molar-refractivity contribution is 5.74. The number of fused-ring (bicyclic) bond motifs is 3. The summed E-state index contributed by atoms with van der Waals surface area (Å²) in [6, 6.07) is 0.723. The smallest absolute Gasteiger partial charge is 0.217 e. The molecule has 2 heterocycles. The van der Waals surface area contributed by atoms with E-state index >= 15 is 0 Å². The van der Waals surface area contributed by atoms with Gasteiger partial charge in [0.15, 0.2) is 0 Å². The summed E-state index contributed by atoms with van der Waals surface area (Å²) in [6.45, 7) is 2.58. The Morgan fingerprint density at radius 2 is 2.17 bits per heavy atom. The molecule has 3 nitrogen and oxygen atoms in total. The van der Waals surface area contributed by atoms with E-state index in [1.54, 1.807) is 6.92 Å². The fourth-order valence-corrected chi connectivity index (χ4v) is 2.43. The zero-order chi connectivity index (χ0) is 8.60. The summed E-state index contributed by atoms with van der Waals surface area (Å²) in [6.07, 6.45) is 4.76. The highest BCUT2D eigenvalue weighted by Crippen LogP contribution is 2.32. The molecule has 0 aromatic carbocycles. The van der Waals surface area contributed by atoms with Gasteiger partial charge in [-0.25, -0.2) is 0 Å². The van der Waals surface area contributed by atoms with Gasteiger partial charge in [-0.1, -0.05) is 0 Å². The predicted molar refractivity (Wildman–Crippen MR) is 46.8 cm³/mol. The van der Waals surface area contributed by atoms with Crippen molar-refractivity contribution in [2.24, 2.45) is 0 Å². The maximum Gasteiger partial charge on any atom is 0.217 e. The molecule has 0 spiro atoms. The SMILES string of the molecule is CC(=O)NC12CCC(CC1)NC2. The molecule has 0 radical (unpaired) electrons. The minimum absolute atomic E-state index is 0.0978. The van der Waals surface area contributed by atoms with E-state index in [4.69, 9.17) is 0 Å². The molecule has 68 valence electrons. The van der Waals surface area contributed by atoms with Gasteiger partial charge >= 0.3 is 0 Å². The molecule has 2 bridgehead atoms. The van der Waals surface area contributed by atoms with E-state index in [0.29, 0.717) is 0 Å². The molecular weight excluding hydrogens is 152 g/mol. The van der Waals surface area contributed by atoms with Gasteiger partial charge in [0.25, 0.3) is 0 Å². The standard InChI is InChI=1S/C9H16N2O/c1-7(12)11-9-4-2-8(3-5-9)10-6-9/h8,10H,2-6H2,1H3,(H,11,12). The van der Waals surface area contributed by atoms with Gasteiger partial charge in [0.2, 0.25) is 5.91 Å². The number of piperidine rings is 2. The van der Waals surface area contributed by atoms with Gasteiger partial charge in [0.05, 0.1) is 5.54 Å². The molecule has 3 aliphatic rings. The average molecular weight is 168 g/mol. The second kappa shape index (κ2) is 2.73. The van der Waals surface area contributed by atoms with Crippen molar-refractivity contribution in [1.82, 2.24) is 10.6 Å². The lowest BCUT2D eigenvalue weighted by molar-refractivity contribution is -0.121. The van der Waals surface area contributed by atoms with Crippen LogP contribution < -0.4 is 10.6 Å². The molecule has 3 rings (SSSR count). The Morgan fingerprint density at radius 1 is 1.50 bits per heavy atom. The molecule has 1 amide bonds. The van der Waals surface area contributed by atoms with Crippen molar-refractivity contribution in [3.8, 4) is 0 Å². The zero-order valence-corrected chi connectivity index (χ0v) is 7.52. The van der Waals surface area contributed by atoms with Crippen LogP contribution in [0.4, 0.5) is 0 Å². The van der Waals surface area contributed by atoms with Gasteiger partial charge in [-0.05, 0) is 25.7 Å². The van der Waals surface area contributed by atoms with Crippen molar-refractivity contribution >= 4 is 5.91 Å². The Bertz CT molecular complexity index is 181. The second-order valence-corrected chi connectivity index (χ2v) is 4.12. The van der Waals surface area contributed by atoms with E-state index in [1.807, 2.05) is 0 Å². The first-order chi connectivity index (χ1) is 5.70. The van der Waals surface area contributed by atoms with Crippen molar-refractivity contribution in [3.05, 3.63) is 0 Å². The molecule has 0 aromatic heterocycles. The molecule has 0 atom stereocenters. The van der Waals surface area contributed by atoms with E-state index < -0.39 is 0 Å². The molecule has 2 aliphatic heterocycles. The number of carbonyl (C=O) groups excluding carboxylic acids is 1. The fraction of sp³-hybridized carbons (Fsp3) is 0.889. The molecule has 1 aliphatic carbocycles. The summed E-state index contributed by atoms with van der Waals surface area (Å²) in [5, 5.41) is 6.53. The first-order valence-corrected chi connectivity index (χ1v) is 4.72. The number of hydrogen-bond acceptors (Lipinski definition) is 2. The van der Waals surface area contributed by atoms with Crippen LogP contribution in [0.15, 0.2) is 0 Å². The number of hydrogen-bond donors (Lipinski definition) is 2. The zero-order valence-electron chi connectivity index (χ0n) is 7.52. The molecular formula is C9H16N2O. The Hall–Kier alpha value is -0.570. The van der Waals surface area contributed by atoms with Crippen LogP contribution in [0.1, 0.15) is 32.6 Å². The first-order valence-electron chi connectivity index (χ1n) is 4.72. The summed E-state index contributed by atoms with van der Waals surface area (Å²) < 4.78 is 0. The van der Waals surface area contributed by atoms with Crippen LogP contribution in [-0.2, 0) is 4.79 Å². The van der Waals surface area contributed by atoms with Gasteiger partial charge in [-0.15, -0.1) is 0 Å². The van der Waals surface area contributed by atoms with Gasteiger partial charge < -0.3 is 10.6 Å². The summed E-state index contributed by atoms with van der Waals surface area (Å²) in [7, 11) is 0. The summed E-state index contributed by atoms with van der Waals surface area (Å²) >= 11 is 0. The minimum atomic E-state index is 0.0978. The molecule has 3 fully saturated rings. The van der Waals surface area contributed by atoms with Crippen LogP contribution in [0.25, 0.3) is 0 Å². The third-order valence-corrected chi connectivity index (χ3v) is 3.11. The fourth-order valence-electron chi connectivity index (χ4n) is 2.43. The number of nitrogens with one attached hydrogen (secondary N) is 2. The van der Waals surface area contributed by atoms with Crippen LogP contribution in [0.2, 0.25) is 0 Å².